The van der Waals surface area contributed by atoms with Crippen LogP contribution in [-0.2, 0) is 4.79 Å². The predicted octanol–water partition coefficient (Wildman–Crippen LogP) is 2.12. The van der Waals surface area contributed by atoms with Gasteiger partial charge in [0.05, 0.1) is 17.7 Å². The van der Waals surface area contributed by atoms with Crippen LogP contribution in [0.2, 0.25) is 5.02 Å². The average molecular weight is 301 g/mol. The number of carbonyl (C=O) groups is 1. The lowest BCUT2D eigenvalue weighted by atomic mass is 10.0. The standard InChI is InChI=1S/C14H18ClFN2O2/c1-9(19)10-4-5-18(7-10)8-14(20)17-11-2-3-13(16)12(15)6-11/h2-3,6,9-10,19H,4-5,7-8H2,1H3,(H,17,20). The SMILES string of the molecule is CC(O)C1CCN(CC(=O)Nc2ccc(F)c(Cl)c2)C1. The zero-order valence-corrected chi connectivity index (χ0v) is 12.0. The molecule has 4 nitrogen and oxygen atoms in total. The molecule has 110 valence electrons. The molecule has 0 aromatic heterocycles. The van der Waals surface area contributed by atoms with Gasteiger partial charge in [0, 0.05) is 12.2 Å². The lowest BCUT2D eigenvalue weighted by molar-refractivity contribution is -0.117. The van der Waals surface area contributed by atoms with Gasteiger partial charge < -0.3 is 10.4 Å². The van der Waals surface area contributed by atoms with E-state index in [1.54, 1.807) is 6.92 Å². The zero-order chi connectivity index (χ0) is 14.7. The van der Waals surface area contributed by atoms with Crippen molar-refractivity contribution in [3.63, 3.8) is 0 Å². The third kappa shape index (κ3) is 3.91. The summed E-state index contributed by atoms with van der Waals surface area (Å²) in [7, 11) is 0. The molecule has 2 atom stereocenters. The van der Waals surface area contributed by atoms with Crippen LogP contribution in [-0.4, -0.2) is 41.7 Å². The zero-order valence-electron chi connectivity index (χ0n) is 11.3. The Morgan fingerprint density at radius 3 is 3.00 bits per heavy atom. The molecule has 6 heteroatoms. The van der Waals surface area contributed by atoms with Crippen LogP contribution in [0.5, 0.6) is 0 Å². The molecule has 0 saturated carbocycles. The smallest absolute Gasteiger partial charge is 0.238 e. The number of nitrogens with one attached hydrogen (secondary N) is 1. The molecule has 1 aliphatic heterocycles. The molecule has 0 aliphatic carbocycles. The number of anilines is 1. The van der Waals surface area contributed by atoms with Gasteiger partial charge >= 0.3 is 0 Å². The molecule has 0 spiro atoms. The minimum atomic E-state index is -0.510. The molecule has 0 radical (unpaired) electrons. The Balaban J connectivity index is 1.85. The number of rotatable bonds is 4. The molecule has 1 saturated heterocycles. The molecule has 1 fully saturated rings. The van der Waals surface area contributed by atoms with Gasteiger partial charge in [0.15, 0.2) is 0 Å². The molecular formula is C14H18ClFN2O2. The lowest BCUT2D eigenvalue weighted by Crippen LogP contribution is -2.32. The quantitative estimate of drug-likeness (QED) is 0.895. The highest BCUT2D eigenvalue weighted by Crippen LogP contribution is 2.21. The Hall–Kier alpha value is -1.17. The van der Waals surface area contributed by atoms with Gasteiger partial charge in [0.2, 0.25) is 5.91 Å². The molecule has 2 N–H and O–H groups in total. The van der Waals surface area contributed by atoms with E-state index in [2.05, 4.69) is 5.32 Å². The van der Waals surface area contributed by atoms with Crippen molar-refractivity contribution in [1.29, 1.82) is 0 Å². The number of halogens is 2. The highest BCUT2D eigenvalue weighted by atomic mass is 35.5. The molecule has 1 aromatic rings. The number of likely N-dealkylation sites (tertiary alicyclic amines) is 1. The highest BCUT2D eigenvalue weighted by Gasteiger charge is 2.26. The fraction of sp³-hybridized carbons (Fsp3) is 0.500. The van der Waals surface area contributed by atoms with Gasteiger partial charge in [-0.2, -0.15) is 0 Å². The molecule has 0 bridgehead atoms. The van der Waals surface area contributed by atoms with E-state index in [0.29, 0.717) is 5.69 Å². The van der Waals surface area contributed by atoms with Crippen molar-refractivity contribution in [2.24, 2.45) is 5.92 Å². The molecule has 1 amide bonds. The Morgan fingerprint density at radius 1 is 1.65 bits per heavy atom. The summed E-state index contributed by atoms with van der Waals surface area (Å²) in [6, 6.07) is 4.08. The van der Waals surface area contributed by atoms with Crippen molar-refractivity contribution in [2.75, 3.05) is 25.0 Å². The maximum atomic E-state index is 13.0. The van der Waals surface area contributed by atoms with Crippen molar-refractivity contribution < 1.29 is 14.3 Å². The number of benzene rings is 1. The Morgan fingerprint density at radius 2 is 2.40 bits per heavy atom. The number of aliphatic hydroxyl groups is 1. The van der Waals surface area contributed by atoms with Crippen molar-refractivity contribution in [3.8, 4) is 0 Å². The number of aliphatic hydroxyl groups excluding tert-OH is 1. The van der Waals surface area contributed by atoms with Crippen LogP contribution in [0, 0.1) is 11.7 Å². The summed E-state index contributed by atoms with van der Waals surface area (Å²) in [5.41, 5.74) is 0.479. The van der Waals surface area contributed by atoms with Crippen molar-refractivity contribution in [2.45, 2.75) is 19.4 Å². The summed E-state index contributed by atoms with van der Waals surface area (Å²) in [6.45, 7) is 3.55. The van der Waals surface area contributed by atoms with E-state index < -0.39 is 5.82 Å². The molecule has 2 unspecified atom stereocenters. The fourth-order valence-electron chi connectivity index (χ4n) is 2.38. The average Bonchev–Trinajstić information content (AvgIpc) is 2.82. The van der Waals surface area contributed by atoms with Gasteiger partial charge in [-0.05, 0) is 44.0 Å². The number of carbonyl (C=O) groups excluding carboxylic acids is 1. The predicted molar refractivity (Wildman–Crippen MR) is 76.3 cm³/mol. The minimum Gasteiger partial charge on any atom is -0.393 e. The van der Waals surface area contributed by atoms with E-state index >= 15 is 0 Å². The number of hydrogen-bond acceptors (Lipinski definition) is 3. The van der Waals surface area contributed by atoms with Gasteiger partial charge in [0.25, 0.3) is 0 Å². The van der Waals surface area contributed by atoms with E-state index in [1.165, 1.54) is 18.2 Å². The Labute approximate surface area is 122 Å². The summed E-state index contributed by atoms with van der Waals surface area (Å²) >= 11 is 5.66. The summed E-state index contributed by atoms with van der Waals surface area (Å²) < 4.78 is 13.0. The maximum absolute atomic E-state index is 13.0. The molecular weight excluding hydrogens is 283 g/mol. The van der Waals surface area contributed by atoms with Crippen LogP contribution in [0.4, 0.5) is 10.1 Å². The van der Waals surface area contributed by atoms with Crippen molar-refractivity contribution >= 4 is 23.2 Å². The third-order valence-corrected chi connectivity index (χ3v) is 3.85. The van der Waals surface area contributed by atoms with Crippen molar-refractivity contribution in [1.82, 2.24) is 4.90 Å². The second kappa shape index (κ2) is 6.52. The van der Waals surface area contributed by atoms with Crippen LogP contribution in [0.1, 0.15) is 13.3 Å². The second-order valence-corrected chi connectivity index (χ2v) is 5.61. The van der Waals surface area contributed by atoms with Crippen LogP contribution >= 0.6 is 11.6 Å². The van der Waals surface area contributed by atoms with E-state index in [4.69, 9.17) is 11.6 Å². The van der Waals surface area contributed by atoms with E-state index in [0.717, 1.165) is 19.5 Å². The lowest BCUT2D eigenvalue weighted by Gasteiger charge is -2.17. The Kier molecular flexibility index (Phi) is 4.96. The summed E-state index contributed by atoms with van der Waals surface area (Å²) in [4.78, 5) is 13.9. The summed E-state index contributed by atoms with van der Waals surface area (Å²) in [5, 5.41) is 12.2. The first-order valence-electron chi connectivity index (χ1n) is 6.61. The van der Waals surface area contributed by atoms with Gasteiger partial charge in [-0.1, -0.05) is 11.6 Å². The van der Waals surface area contributed by atoms with Crippen molar-refractivity contribution in [3.05, 3.63) is 29.0 Å². The molecule has 1 aliphatic rings. The van der Waals surface area contributed by atoms with Crippen LogP contribution in [0.15, 0.2) is 18.2 Å². The fourth-order valence-corrected chi connectivity index (χ4v) is 2.56. The third-order valence-electron chi connectivity index (χ3n) is 3.56. The molecule has 2 rings (SSSR count). The first-order chi connectivity index (χ1) is 9.45. The first-order valence-corrected chi connectivity index (χ1v) is 6.99. The van der Waals surface area contributed by atoms with E-state index in [9.17, 15) is 14.3 Å². The van der Waals surface area contributed by atoms with Gasteiger partial charge in [0.1, 0.15) is 5.82 Å². The minimum absolute atomic E-state index is 0.0156. The molecule has 20 heavy (non-hydrogen) atoms. The highest BCUT2D eigenvalue weighted by molar-refractivity contribution is 6.31. The number of amides is 1. The topological polar surface area (TPSA) is 52.6 Å². The van der Waals surface area contributed by atoms with Gasteiger partial charge in [-0.15, -0.1) is 0 Å². The van der Waals surface area contributed by atoms with Crippen LogP contribution in [0.3, 0.4) is 0 Å². The first kappa shape index (κ1) is 15.2. The van der Waals surface area contributed by atoms with Gasteiger partial charge in [-0.25, -0.2) is 4.39 Å². The maximum Gasteiger partial charge on any atom is 0.238 e. The molecule has 1 aromatic carbocycles. The number of nitrogens with zero attached hydrogens (tertiary/aromatic N) is 1. The Bertz CT molecular complexity index is 496. The van der Waals surface area contributed by atoms with Crippen LogP contribution in [0.25, 0.3) is 0 Å². The van der Waals surface area contributed by atoms with E-state index in [-0.39, 0.29) is 29.5 Å². The van der Waals surface area contributed by atoms with E-state index in [1.807, 2.05) is 4.90 Å². The monoisotopic (exact) mass is 300 g/mol. The summed E-state index contributed by atoms with van der Waals surface area (Å²) in [6.07, 6.45) is 0.548. The summed E-state index contributed by atoms with van der Waals surface area (Å²) in [5.74, 6) is -0.453. The normalized spacial score (nSPS) is 20.9. The van der Waals surface area contributed by atoms with Gasteiger partial charge in [-0.3, -0.25) is 9.69 Å². The second-order valence-electron chi connectivity index (χ2n) is 5.20. The van der Waals surface area contributed by atoms with Crippen LogP contribution < -0.4 is 5.32 Å². The molecule has 1 heterocycles. The largest absolute Gasteiger partial charge is 0.393 e. The number of hydrogen-bond donors (Lipinski definition) is 2.